The second-order valence-electron chi connectivity index (χ2n) is 5.49. The number of amides is 2. The van der Waals surface area contributed by atoms with Gasteiger partial charge in [-0.3, -0.25) is 4.79 Å². The molecule has 22 heavy (non-hydrogen) atoms. The zero-order chi connectivity index (χ0) is 16.1. The maximum absolute atomic E-state index is 12.3. The number of hydrazine groups is 1. The first-order valence-electron chi connectivity index (χ1n) is 7.63. The molecule has 1 aromatic carbocycles. The fourth-order valence-electron chi connectivity index (χ4n) is 2.82. The summed E-state index contributed by atoms with van der Waals surface area (Å²) in [6.45, 7) is 1.74. The highest BCUT2D eigenvalue weighted by atomic mass is 16.6. The van der Waals surface area contributed by atoms with Crippen molar-refractivity contribution in [3.05, 3.63) is 29.3 Å². The fraction of sp³-hybridized carbons (Fsp3) is 0.500. The summed E-state index contributed by atoms with van der Waals surface area (Å²) in [4.78, 5) is 23.8. The largest absolute Gasteiger partial charge is 0.507 e. The quantitative estimate of drug-likeness (QED) is 0.509. The number of benzene rings is 1. The monoisotopic (exact) mass is 306 g/mol. The lowest BCUT2D eigenvalue weighted by Crippen LogP contribution is -2.43. The molecule has 6 heteroatoms. The lowest BCUT2D eigenvalue weighted by atomic mass is 9.83. The van der Waals surface area contributed by atoms with Gasteiger partial charge >= 0.3 is 6.09 Å². The molecule has 0 bridgehead atoms. The summed E-state index contributed by atoms with van der Waals surface area (Å²) in [5.41, 5.74) is 1.02. The molecule has 0 radical (unpaired) electrons. The molecule has 0 unspecified atom stereocenters. The highest BCUT2D eigenvalue weighted by Crippen LogP contribution is 2.34. The maximum Gasteiger partial charge on any atom is 0.431 e. The second-order valence-corrected chi connectivity index (χ2v) is 5.49. The van der Waals surface area contributed by atoms with Gasteiger partial charge in [-0.1, -0.05) is 25.3 Å². The number of rotatable bonds is 3. The summed E-state index contributed by atoms with van der Waals surface area (Å²) in [7, 11) is 0. The summed E-state index contributed by atoms with van der Waals surface area (Å²) in [6.07, 6.45) is 4.78. The van der Waals surface area contributed by atoms with E-state index in [0.717, 1.165) is 18.4 Å². The number of nitrogens with zero attached hydrogens (tertiary/aromatic N) is 1. The average Bonchev–Trinajstić information content (AvgIpc) is 2.55. The van der Waals surface area contributed by atoms with E-state index in [-0.39, 0.29) is 17.9 Å². The van der Waals surface area contributed by atoms with Crippen molar-refractivity contribution in [2.75, 3.05) is 6.61 Å². The lowest BCUT2D eigenvalue weighted by molar-refractivity contribution is 0.0669. The number of nitrogens with two attached hydrogens (primary N) is 1. The van der Waals surface area contributed by atoms with E-state index in [9.17, 15) is 14.7 Å². The van der Waals surface area contributed by atoms with E-state index in [4.69, 9.17) is 10.6 Å². The van der Waals surface area contributed by atoms with Crippen molar-refractivity contribution in [2.45, 2.75) is 44.9 Å². The Kier molecular flexibility index (Phi) is 5.38. The Morgan fingerprint density at radius 3 is 2.64 bits per heavy atom. The third-order valence-electron chi connectivity index (χ3n) is 4.01. The van der Waals surface area contributed by atoms with Crippen LogP contribution in [0.25, 0.3) is 0 Å². The Hall–Kier alpha value is -2.08. The Morgan fingerprint density at radius 2 is 2.00 bits per heavy atom. The van der Waals surface area contributed by atoms with Gasteiger partial charge in [-0.25, -0.2) is 10.6 Å². The second kappa shape index (κ2) is 7.26. The van der Waals surface area contributed by atoms with Crippen LogP contribution < -0.4 is 5.84 Å². The van der Waals surface area contributed by atoms with E-state index in [1.54, 1.807) is 13.0 Å². The van der Waals surface area contributed by atoms with Crippen LogP contribution in [-0.4, -0.2) is 28.7 Å². The minimum absolute atomic E-state index is 0.0265. The van der Waals surface area contributed by atoms with Crippen LogP contribution in [0.2, 0.25) is 0 Å². The van der Waals surface area contributed by atoms with Crippen molar-refractivity contribution >= 4 is 12.0 Å². The van der Waals surface area contributed by atoms with E-state index in [1.165, 1.54) is 25.3 Å². The predicted molar refractivity (Wildman–Crippen MR) is 81.3 cm³/mol. The van der Waals surface area contributed by atoms with E-state index in [2.05, 4.69) is 0 Å². The van der Waals surface area contributed by atoms with Crippen LogP contribution in [0.4, 0.5) is 4.79 Å². The summed E-state index contributed by atoms with van der Waals surface area (Å²) >= 11 is 0. The van der Waals surface area contributed by atoms with Gasteiger partial charge in [0.2, 0.25) is 0 Å². The van der Waals surface area contributed by atoms with Crippen molar-refractivity contribution in [2.24, 2.45) is 5.84 Å². The van der Waals surface area contributed by atoms with Gasteiger partial charge in [0.1, 0.15) is 5.75 Å². The molecule has 2 rings (SSSR count). The first kappa shape index (κ1) is 16.3. The molecule has 0 aliphatic heterocycles. The molecule has 0 spiro atoms. The molecule has 6 nitrogen and oxygen atoms in total. The van der Waals surface area contributed by atoms with Crippen molar-refractivity contribution in [3.8, 4) is 5.75 Å². The standard InChI is InChI=1S/C16H22N2O4/c1-2-22-16(21)18(17)15(20)13-10-12(8-9-14(13)19)11-6-4-3-5-7-11/h8-11,19H,2-7,17H2,1H3. The van der Waals surface area contributed by atoms with Crippen LogP contribution in [0.5, 0.6) is 5.75 Å². The summed E-state index contributed by atoms with van der Waals surface area (Å²) < 4.78 is 4.69. The highest BCUT2D eigenvalue weighted by molar-refractivity contribution is 6.04. The van der Waals surface area contributed by atoms with Crippen LogP contribution >= 0.6 is 0 Å². The van der Waals surface area contributed by atoms with Crippen molar-refractivity contribution < 1.29 is 19.4 Å². The molecule has 0 atom stereocenters. The van der Waals surface area contributed by atoms with E-state index < -0.39 is 12.0 Å². The molecule has 0 aromatic heterocycles. The fourth-order valence-corrected chi connectivity index (χ4v) is 2.82. The minimum Gasteiger partial charge on any atom is -0.507 e. The zero-order valence-corrected chi connectivity index (χ0v) is 12.7. The number of imide groups is 1. The minimum atomic E-state index is -0.935. The summed E-state index contributed by atoms with van der Waals surface area (Å²) in [5.74, 6) is 4.90. The number of ether oxygens (including phenoxy) is 1. The molecule has 1 aliphatic carbocycles. The van der Waals surface area contributed by atoms with Crippen molar-refractivity contribution in [1.82, 2.24) is 5.01 Å². The Morgan fingerprint density at radius 1 is 1.32 bits per heavy atom. The molecule has 1 fully saturated rings. The van der Waals surface area contributed by atoms with Crippen LogP contribution in [0.3, 0.4) is 0 Å². The Balaban J connectivity index is 2.22. The van der Waals surface area contributed by atoms with Gasteiger partial charge in [0.25, 0.3) is 5.91 Å². The van der Waals surface area contributed by atoms with Crippen LogP contribution in [0.15, 0.2) is 18.2 Å². The van der Waals surface area contributed by atoms with Gasteiger partial charge in [0, 0.05) is 0 Å². The smallest absolute Gasteiger partial charge is 0.431 e. The lowest BCUT2D eigenvalue weighted by Gasteiger charge is -2.23. The number of carbonyl (C=O) groups is 2. The molecule has 3 N–H and O–H groups in total. The first-order valence-corrected chi connectivity index (χ1v) is 7.63. The molecule has 0 saturated heterocycles. The molecule has 2 amide bonds. The molecule has 120 valence electrons. The molecule has 1 aliphatic rings. The van der Waals surface area contributed by atoms with E-state index in [0.29, 0.717) is 10.9 Å². The predicted octanol–water partition coefficient (Wildman–Crippen LogP) is 2.91. The SMILES string of the molecule is CCOC(=O)N(N)C(=O)c1cc(C2CCCCC2)ccc1O. The van der Waals surface area contributed by atoms with Crippen LogP contribution in [-0.2, 0) is 4.74 Å². The number of phenols is 1. The van der Waals surface area contributed by atoms with Crippen molar-refractivity contribution in [3.63, 3.8) is 0 Å². The van der Waals surface area contributed by atoms with Gasteiger partial charge in [-0.05, 0) is 43.4 Å². The van der Waals surface area contributed by atoms with Gasteiger partial charge in [0.15, 0.2) is 0 Å². The average molecular weight is 306 g/mol. The number of phenolic OH excluding ortho intramolecular Hbond substituents is 1. The highest BCUT2D eigenvalue weighted by Gasteiger charge is 2.25. The number of aromatic hydroxyl groups is 1. The third-order valence-corrected chi connectivity index (χ3v) is 4.01. The Labute approximate surface area is 129 Å². The number of carbonyl (C=O) groups excluding carboxylic acids is 2. The normalized spacial score (nSPS) is 15.4. The Bertz CT molecular complexity index is 553. The van der Waals surface area contributed by atoms with Gasteiger partial charge < -0.3 is 9.84 Å². The maximum atomic E-state index is 12.3. The topological polar surface area (TPSA) is 92.9 Å². The van der Waals surface area contributed by atoms with Crippen LogP contribution in [0, 0.1) is 0 Å². The zero-order valence-electron chi connectivity index (χ0n) is 12.7. The molecule has 1 saturated carbocycles. The summed E-state index contributed by atoms with van der Waals surface area (Å²) in [6, 6.07) is 4.94. The molecular weight excluding hydrogens is 284 g/mol. The van der Waals surface area contributed by atoms with Gasteiger partial charge in [-0.2, -0.15) is 5.01 Å². The molecule has 0 heterocycles. The van der Waals surface area contributed by atoms with Gasteiger partial charge in [0.05, 0.1) is 12.2 Å². The third kappa shape index (κ3) is 3.57. The first-order chi connectivity index (χ1) is 10.5. The molecular formula is C16H22N2O4. The van der Waals surface area contributed by atoms with E-state index in [1.807, 2.05) is 6.07 Å². The van der Waals surface area contributed by atoms with Crippen molar-refractivity contribution in [1.29, 1.82) is 0 Å². The van der Waals surface area contributed by atoms with Crippen LogP contribution in [0.1, 0.15) is 60.9 Å². The molecule has 1 aromatic rings. The van der Waals surface area contributed by atoms with Gasteiger partial charge in [-0.15, -0.1) is 0 Å². The number of hydrogen-bond donors (Lipinski definition) is 2. The summed E-state index contributed by atoms with van der Waals surface area (Å²) in [5, 5.41) is 10.3. The number of hydrogen-bond acceptors (Lipinski definition) is 5. The van der Waals surface area contributed by atoms with E-state index >= 15 is 0 Å².